The molecule has 0 bridgehead atoms. The summed E-state index contributed by atoms with van der Waals surface area (Å²) >= 11 is 0. The summed E-state index contributed by atoms with van der Waals surface area (Å²) in [5.74, 6) is 1.36. The Morgan fingerprint density at radius 1 is 1.17 bits per heavy atom. The van der Waals surface area contributed by atoms with Crippen molar-refractivity contribution < 1.29 is 4.79 Å². The van der Waals surface area contributed by atoms with E-state index in [4.69, 9.17) is 0 Å². The third-order valence-corrected chi connectivity index (χ3v) is 7.20. The number of nitrogens with one attached hydrogen (secondary N) is 1. The quantitative estimate of drug-likeness (QED) is 0.850. The van der Waals surface area contributed by atoms with Crippen molar-refractivity contribution >= 4 is 22.5 Å². The topological polar surface area (TPSA) is 72.3 Å². The molecule has 0 radical (unpaired) electrons. The van der Waals surface area contributed by atoms with Crippen LogP contribution in [-0.2, 0) is 4.79 Å². The summed E-state index contributed by atoms with van der Waals surface area (Å²) in [5.41, 5.74) is 2.45. The van der Waals surface area contributed by atoms with Gasteiger partial charge in [0.15, 0.2) is 0 Å². The van der Waals surface area contributed by atoms with Gasteiger partial charge in [-0.3, -0.25) is 9.78 Å². The van der Waals surface area contributed by atoms with E-state index in [1.165, 1.54) is 12.8 Å². The fraction of sp³-hybridized carbons (Fsp3) is 0.542. The average molecular weight is 404 g/mol. The third kappa shape index (κ3) is 3.63. The maximum atomic E-state index is 13.3. The summed E-state index contributed by atoms with van der Waals surface area (Å²) in [6.07, 6.45) is 6.30. The Labute approximate surface area is 177 Å². The zero-order chi connectivity index (χ0) is 20.7. The molecule has 2 atom stereocenters. The molecule has 6 nitrogen and oxygen atoms in total. The van der Waals surface area contributed by atoms with Crippen molar-refractivity contribution in [3.63, 3.8) is 0 Å². The number of anilines is 1. The van der Waals surface area contributed by atoms with Gasteiger partial charge in [-0.1, -0.05) is 0 Å². The second kappa shape index (κ2) is 7.88. The van der Waals surface area contributed by atoms with Crippen LogP contribution in [0.1, 0.15) is 31.2 Å². The van der Waals surface area contributed by atoms with Crippen LogP contribution in [-0.4, -0.2) is 55.1 Å². The highest BCUT2D eigenvalue weighted by atomic mass is 16.2. The lowest BCUT2D eigenvalue weighted by Crippen LogP contribution is -2.46. The standard InChI is InChI=1S/C24H29N5O/c1-28-11-8-18(9-12-28)27-24(30)21-15-29(14-20(21)16-4-5-16)22-7-6-17(13-25)23-19(22)3-2-10-26-23/h2-3,6-7,10,16,18,20-21H,4-5,8-9,11-12,14-15H2,1H3,(H,27,30)/t20-,21+/m1/s1. The minimum atomic E-state index is 0.0412. The number of carbonyl (C=O) groups excluding carboxylic acids is 1. The second-order valence-electron chi connectivity index (χ2n) is 9.24. The lowest BCUT2D eigenvalue weighted by molar-refractivity contribution is -0.126. The molecule has 30 heavy (non-hydrogen) atoms. The highest BCUT2D eigenvalue weighted by Gasteiger charge is 2.46. The number of fused-ring (bicyclic) bond motifs is 1. The van der Waals surface area contributed by atoms with Crippen molar-refractivity contribution in [2.75, 3.05) is 38.1 Å². The zero-order valence-corrected chi connectivity index (χ0v) is 17.6. The minimum Gasteiger partial charge on any atom is -0.370 e. The van der Waals surface area contributed by atoms with Gasteiger partial charge in [-0.15, -0.1) is 0 Å². The van der Waals surface area contributed by atoms with Crippen molar-refractivity contribution in [3.05, 3.63) is 36.0 Å². The van der Waals surface area contributed by atoms with E-state index < -0.39 is 0 Å². The number of piperidine rings is 1. The van der Waals surface area contributed by atoms with Crippen LogP contribution in [0.3, 0.4) is 0 Å². The van der Waals surface area contributed by atoms with Crippen LogP contribution in [0.5, 0.6) is 0 Å². The molecular formula is C24H29N5O. The molecular weight excluding hydrogens is 374 g/mol. The first-order chi connectivity index (χ1) is 14.6. The number of nitrogens with zero attached hydrogens (tertiary/aromatic N) is 4. The molecule has 1 aromatic carbocycles. The number of hydrogen-bond donors (Lipinski definition) is 1. The highest BCUT2D eigenvalue weighted by Crippen LogP contribution is 2.46. The molecule has 0 spiro atoms. The molecule has 1 saturated carbocycles. The van der Waals surface area contributed by atoms with E-state index in [-0.39, 0.29) is 11.8 Å². The first-order valence-corrected chi connectivity index (χ1v) is 11.2. The maximum Gasteiger partial charge on any atom is 0.225 e. The van der Waals surface area contributed by atoms with Crippen molar-refractivity contribution in [1.29, 1.82) is 5.26 Å². The Kier molecular flexibility index (Phi) is 5.08. The normalized spacial score (nSPS) is 25.4. The average Bonchev–Trinajstić information content (AvgIpc) is 3.52. The number of hydrogen-bond acceptors (Lipinski definition) is 5. The lowest BCUT2D eigenvalue weighted by atomic mass is 9.90. The van der Waals surface area contributed by atoms with E-state index in [1.54, 1.807) is 6.20 Å². The van der Waals surface area contributed by atoms with E-state index in [9.17, 15) is 10.1 Å². The van der Waals surface area contributed by atoms with Crippen molar-refractivity contribution in [3.8, 4) is 6.07 Å². The Balaban J connectivity index is 1.38. The van der Waals surface area contributed by atoms with E-state index >= 15 is 0 Å². The minimum absolute atomic E-state index is 0.0412. The summed E-state index contributed by atoms with van der Waals surface area (Å²) in [6.45, 7) is 3.76. The predicted molar refractivity (Wildman–Crippen MR) is 117 cm³/mol. The molecule has 5 rings (SSSR count). The molecule has 2 saturated heterocycles. The van der Waals surface area contributed by atoms with E-state index in [2.05, 4.69) is 33.2 Å². The molecule has 3 heterocycles. The molecule has 156 valence electrons. The predicted octanol–water partition coefficient (Wildman–Crippen LogP) is 2.78. The van der Waals surface area contributed by atoms with E-state index in [0.29, 0.717) is 23.4 Å². The fourth-order valence-electron chi connectivity index (χ4n) is 5.29. The molecule has 1 aliphatic carbocycles. The molecule has 2 aliphatic heterocycles. The molecule has 2 aromatic rings. The number of amides is 1. The van der Waals surface area contributed by atoms with Crippen LogP contribution in [0.2, 0.25) is 0 Å². The van der Waals surface area contributed by atoms with Crippen LogP contribution < -0.4 is 10.2 Å². The molecule has 1 amide bonds. The SMILES string of the molecule is CN1CCC(NC(=O)[C@H]2CN(c3ccc(C#N)c4ncccc34)C[C@@H]2C2CC2)CC1. The smallest absolute Gasteiger partial charge is 0.225 e. The van der Waals surface area contributed by atoms with Gasteiger partial charge in [-0.05, 0) is 81.9 Å². The van der Waals surface area contributed by atoms with Crippen LogP contribution >= 0.6 is 0 Å². The summed E-state index contributed by atoms with van der Waals surface area (Å²) in [5, 5.41) is 13.8. The van der Waals surface area contributed by atoms with Crippen LogP contribution in [0.25, 0.3) is 10.9 Å². The second-order valence-corrected chi connectivity index (χ2v) is 9.24. The Morgan fingerprint density at radius 3 is 2.70 bits per heavy atom. The number of likely N-dealkylation sites (tertiary alicyclic amines) is 1. The lowest BCUT2D eigenvalue weighted by Gasteiger charge is -2.30. The summed E-state index contributed by atoms with van der Waals surface area (Å²) in [6, 6.07) is 10.4. The van der Waals surface area contributed by atoms with Crippen molar-refractivity contribution in [2.45, 2.75) is 31.7 Å². The molecule has 1 aromatic heterocycles. The Morgan fingerprint density at radius 2 is 1.97 bits per heavy atom. The van der Waals surface area contributed by atoms with Gasteiger partial charge in [-0.2, -0.15) is 5.26 Å². The number of carbonyl (C=O) groups is 1. The number of benzene rings is 1. The molecule has 3 aliphatic rings. The van der Waals surface area contributed by atoms with Gasteiger partial charge in [0.05, 0.1) is 17.0 Å². The highest BCUT2D eigenvalue weighted by molar-refractivity contribution is 5.95. The van der Waals surface area contributed by atoms with Crippen LogP contribution in [0.4, 0.5) is 5.69 Å². The fourth-order valence-corrected chi connectivity index (χ4v) is 5.29. The van der Waals surface area contributed by atoms with Gasteiger partial charge in [0.25, 0.3) is 0 Å². The van der Waals surface area contributed by atoms with E-state index in [0.717, 1.165) is 55.6 Å². The zero-order valence-electron chi connectivity index (χ0n) is 17.6. The molecule has 1 N–H and O–H groups in total. The van der Waals surface area contributed by atoms with Gasteiger partial charge in [-0.25, -0.2) is 0 Å². The van der Waals surface area contributed by atoms with Gasteiger partial charge in [0, 0.05) is 36.4 Å². The van der Waals surface area contributed by atoms with Gasteiger partial charge >= 0.3 is 0 Å². The number of pyridine rings is 1. The maximum absolute atomic E-state index is 13.3. The van der Waals surface area contributed by atoms with Gasteiger partial charge in [0.1, 0.15) is 6.07 Å². The molecule has 6 heteroatoms. The van der Waals surface area contributed by atoms with Gasteiger partial charge < -0.3 is 15.1 Å². The first-order valence-electron chi connectivity index (χ1n) is 11.2. The van der Waals surface area contributed by atoms with E-state index in [1.807, 2.05) is 24.3 Å². The molecule has 3 fully saturated rings. The van der Waals surface area contributed by atoms with Crippen LogP contribution in [0, 0.1) is 29.1 Å². The summed E-state index contributed by atoms with van der Waals surface area (Å²) in [7, 11) is 2.15. The Hall–Kier alpha value is -2.65. The summed E-state index contributed by atoms with van der Waals surface area (Å²) in [4.78, 5) is 22.4. The largest absolute Gasteiger partial charge is 0.370 e. The van der Waals surface area contributed by atoms with Crippen molar-refractivity contribution in [1.82, 2.24) is 15.2 Å². The number of nitriles is 1. The van der Waals surface area contributed by atoms with Crippen molar-refractivity contribution in [2.24, 2.45) is 17.8 Å². The van der Waals surface area contributed by atoms with Crippen LogP contribution in [0.15, 0.2) is 30.5 Å². The number of rotatable bonds is 4. The first kappa shape index (κ1) is 19.3. The number of aromatic nitrogens is 1. The Bertz CT molecular complexity index is 987. The molecule has 0 unspecified atom stereocenters. The third-order valence-electron chi connectivity index (χ3n) is 7.20. The summed E-state index contributed by atoms with van der Waals surface area (Å²) < 4.78 is 0. The van der Waals surface area contributed by atoms with Gasteiger partial charge in [0.2, 0.25) is 5.91 Å². The monoisotopic (exact) mass is 403 g/mol.